The molecule has 0 bridgehead atoms. The van der Waals surface area contributed by atoms with Gasteiger partial charge in [-0.3, -0.25) is 4.57 Å². The minimum absolute atomic E-state index is 0.548. The lowest BCUT2D eigenvalue weighted by molar-refractivity contribution is 0.393. The molecule has 0 saturated carbocycles. The molecule has 2 N–H and O–H groups in total. The highest BCUT2D eigenvalue weighted by molar-refractivity contribution is 5.63. The molecule has 0 aliphatic carbocycles. The quantitative estimate of drug-likeness (QED) is 0.745. The molecule has 21 heavy (non-hydrogen) atoms. The van der Waals surface area contributed by atoms with Crippen molar-refractivity contribution in [2.75, 3.05) is 12.8 Å². The summed E-state index contributed by atoms with van der Waals surface area (Å²) >= 11 is 0. The van der Waals surface area contributed by atoms with Crippen LogP contribution in [0.1, 0.15) is 5.56 Å². The van der Waals surface area contributed by atoms with Gasteiger partial charge in [0.1, 0.15) is 18.0 Å². The van der Waals surface area contributed by atoms with Crippen LogP contribution in [-0.4, -0.2) is 26.6 Å². The van der Waals surface area contributed by atoms with Gasteiger partial charge < -0.3 is 10.5 Å². The normalized spacial score (nSPS) is 10.6. The summed E-state index contributed by atoms with van der Waals surface area (Å²) in [6.07, 6.45) is 5.06. The third kappa shape index (κ3) is 2.31. The lowest BCUT2D eigenvalue weighted by Gasteiger charge is -2.11. The maximum Gasteiger partial charge on any atom is 0.221 e. The molecular weight excluding hydrogens is 266 g/mol. The molecule has 106 valence electrons. The Morgan fingerprint density at radius 1 is 1.19 bits per heavy atom. The number of rotatable bonds is 3. The second kappa shape index (κ2) is 5.24. The molecule has 0 unspecified atom stereocenters. The van der Waals surface area contributed by atoms with Gasteiger partial charge in [-0.1, -0.05) is 12.1 Å². The average Bonchev–Trinajstić information content (AvgIpc) is 2.97. The summed E-state index contributed by atoms with van der Waals surface area (Å²) in [5.41, 5.74) is 8.32. The van der Waals surface area contributed by atoms with Gasteiger partial charge in [-0.2, -0.15) is 0 Å². The molecule has 3 rings (SSSR count). The van der Waals surface area contributed by atoms with Crippen LogP contribution in [0.4, 0.5) is 5.69 Å². The molecule has 0 atom stereocenters. The number of hydrogen-bond acceptors (Lipinski definition) is 5. The van der Waals surface area contributed by atoms with E-state index in [1.807, 2.05) is 42.0 Å². The number of imidazole rings is 1. The standard InChI is InChI=1S/C15H15N5O/c1-10-13(18-9-19-15(10)21-2)20-7-6-17-14(20)11-4-3-5-12(16)8-11/h3-9H,16H2,1-2H3. The van der Waals surface area contributed by atoms with Crippen LogP contribution < -0.4 is 10.5 Å². The molecule has 6 heteroatoms. The average molecular weight is 281 g/mol. The van der Waals surface area contributed by atoms with Gasteiger partial charge in [-0.05, 0) is 19.1 Å². The summed E-state index contributed by atoms with van der Waals surface area (Å²) in [6, 6.07) is 7.59. The number of ether oxygens (including phenoxy) is 1. The van der Waals surface area contributed by atoms with E-state index in [4.69, 9.17) is 10.5 Å². The predicted molar refractivity (Wildman–Crippen MR) is 80.3 cm³/mol. The molecule has 2 heterocycles. The number of nitrogens with zero attached hydrogens (tertiary/aromatic N) is 4. The zero-order valence-electron chi connectivity index (χ0n) is 11.8. The number of aromatic nitrogens is 4. The Kier molecular flexibility index (Phi) is 3.27. The van der Waals surface area contributed by atoms with Gasteiger partial charge in [0.15, 0.2) is 0 Å². The first-order valence-electron chi connectivity index (χ1n) is 6.46. The summed E-state index contributed by atoms with van der Waals surface area (Å²) < 4.78 is 7.14. The van der Waals surface area contributed by atoms with E-state index >= 15 is 0 Å². The second-order valence-corrected chi connectivity index (χ2v) is 4.58. The Morgan fingerprint density at radius 2 is 2.05 bits per heavy atom. The topological polar surface area (TPSA) is 78.9 Å². The van der Waals surface area contributed by atoms with Crippen LogP contribution in [0.25, 0.3) is 17.2 Å². The number of benzene rings is 1. The molecule has 0 saturated heterocycles. The van der Waals surface area contributed by atoms with Gasteiger partial charge in [-0.25, -0.2) is 15.0 Å². The summed E-state index contributed by atoms with van der Waals surface area (Å²) in [5.74, 6) is 2.05. The Morgan fingerprint density at radius 3 is 2.81 bits per heavy atom. The highest BCUT2D eigenvalue weighted by atomic mass is 16.5. The molecule has 0 amide bonds. The first kappa shape index (κ1) is 13.1. The number of nitrogens with two attached hydrogens (primary N) is 1. The third-order valence-corrected chi connectivity index (χ3v) is 3.22. The number of methoxy groups -OCH3 is 1. The SMILES string of the molecule is COc1ncnc(-n2ccnc2-c2cccc(N)c2)c1C. The van der Waals surface area contributed by atoms with Crippen LogP contribution in [-0.2, 0) is 0 Å². The lowest BCUT2D eigenvalue weighted by Crippen LogP contribution is -2.04. The predicted octanol–water partition coefficient (Wildman–Crippen LogP) is 2.23. The Labute approximate surface area is 122 Å². The van der Waals surface area contributed by atoms with Crippen LogP contribution >= 0.6 is 0 Å². The van der Waals surface area contributed by atoms with Crippen molar-refractivity contribution in [3.05, 3.63) is 48.5 Å². The molecule has 2 aromatic heterocycles. The fraction of sp³-hybridized carbons (Fsp3) is 0.133. The van der Waals surface area contributed by atoms with Crippen LogP contribution in [0.5, 0.6) is 5.88 Å². The van der Waals surface area contributed by atoms with E-state index < -0.39 is 0 Å². The summed E-state index contributed by atoms with van der Waals surface area (Å²) in [4.78, 5) is 12.8. The van der Waals surface area contributed by atoms with Crippen molar-refractivity contribution < 1.29 is 4.74 Å². The van der Waals surface area contributed by atoms with Gasteiger partial charge in [0, 0.05) is 23.6 Å². The molecule has 0 spiro atoms. The van der Waals surface area contributed by atoms with Crippen LogP contribution in [0.2, 0.25) is 0 Å². The van der Waals surface area contributed by atoms with Gasteiger partial charge in [-0.15, -0.1) is 0 Å². The smallest absolute Gasteiger partial charge is 0.221 e. The second-order valence-electron chi connectivity index (χ2n) is 4.58. The maximum absolute atomic E-state index is 5.85. The minimum Gasteiger partial charge on any atom is -0.481 e. The number of nitrogen functional groups attached to an aromatic ring is 1. The molecule has 6 nitrogen and oxygen atoms in total. The number of hydrogen-bond donors (Lipinski definition) is 1. The van der Waals surface area contributed by atoms with Crippen molar-refractivity contribution in [3.63, 3.8) is 0 Å². The van der Waals surface area contributed by atoms with E-state index in [-0.39, 0.29) is 0 Å². The van der Waals surface area contributed by atoms with Crippen LogP contribution in [0.3, 0.4) is 0 Å². The van der Waals surface area contributed by atoms with Crippen LogP contribution in [0.15, 0.2) is 43.0 Å². The van der Waals surface area contributed by atoms with Gasteiger partial charge in [0.2, 0.25) is 5.88 Å². The molecule has 0 radical (unpaired) electrons. The summed E-state index contributed by atoms with van der Waals surface area (Å²) in [5, 5.41) is 0. The molecule has 0 aliphatic rings. The van der Waals surface area contributed by atoms with E-state index in [1.54, 1.807) is 13.3 Å². The van der Waals surface area contributed by atoms with Crippen molar-refractivity contribution in [1.82, 2.24) is 19.5 Å². The van der Waals surface area contributed by atoms with Gasteiger partial charge in [0.25, 0.3) is 0 Å². The molecule has 0 fully saturated rings. The number of anilines is 1. The molecular formula is C15H15N5O. The molecule has 1 aromatic carbocycles. The molecule has 0 aliphatic heterocycles. The maximum atomic E-state index is 5.85. The minimum atomic E-state index is 0.548. The highest BCUT2D eigenvalue weighted by Gasteiger charge is 2.14. The highest BCUT2D eigenvalue weighted by Crippen LogP contribution is 2.25. The van der Waals surface area contributed by atoms with E-state index in [0.717, 1.165) is 22.8 Å². The third-order valence-electron chi connectivity index (χ3n) is 3.22. The van der Waals surface area contributed by atoms with Crippen molar-refractivity contribution in [2.45, 2.75) is 6.92 Å². The Balaban J connectivity index is 2.16. The largest absolute Gasteiger partial charge is 0.481 e. The summed E-state index contributed by atoms with van der Waals surface area (Å²) in [6.45, 7) is 1.91. The molecule has 3 aromatic rings. The Bertz CT molecular complexity index is 781. The zero-order chi connectivity index (χ0) is 14.8. The van der Waals surface area contributed by atoms with Crippen molar-refractivity contribution in [3.8, 4) is 23.1 Å². The van der Waals surface area contributed by atoms with Gasteiger partial charge >= 0.3 is 0 Å². The Hall–Kier alpha value is -2.89. The lowest BCUT2D eigenvalue weighted by atomic mass is 10.2. The zero-order valence-corrected chi connectivity index (χ0v) is 11.8. The monoisotopic (exact) mass is 281 g/mol. The van der Waals surface area contributed by atoms with E-state index in [2.05, 4.69) is 15.0 Å². The fourth-order valence-electron chi connectivity index (χ4n) is 2.24. The van der Waals surface area contributed by atoms with Gasteiger partial charge in [0.05, 0.1) is 12.7 Å². The first-order valence-corrected chi connectivity index (χ1v) is 6.46. The van der Waals surface area contributed by atoms with Crippen molar-refractivity contribution in [1.29, 1.82) is 0 Å². The first-order chi connectivity index (χ1) is 10.2. The van der Waals surface area contributed by atoms with E-state index in [9.17, 15) is 0 Å². The summed E-state index contributed by atoms with van der Waals surface area (Å²) in [7, 11) is 1.59. The van der Waals surface area contributed by atoms with Crippen LogP contribution in [0, 0.1) is 6.92 Å². The van der Waals surface area contributed by atoms with Crippen molar-refractivity contribution in [2.24, 2.45) is 0 Å². The fourth-order valence-corrected chi connectivity index (χ4v) is 2.24. The van der Waals surface area contributed by atoms with E-state index in [0.29, 0.717) is 11.6 Å². The van der Waals surface area contributed by atoms with E-state index in [1.165, 1.54) is 6.33 Å². The van der Waals surface area contributed by atoms with Crippen molar-refractivity contribution >= 4 is 5.69 Å².